The Morgan fingerprint density at radius 1 is 1.53 bits per heavy atom. The van der Waals surface area contributed by atoms with Crippen LogP contribution in [0.1, 0.15) is 19.3 Å². The van der Waals surface area contributed by atoms with Crippen molar-refractivity contribution in [3.8, 4) is 0 Å². The molecular formula is C10H14ClN3O. The number of rotatable bonds is 5. The molecule has 0 saturated carbocycles. The summed E-state index contributed by atoms with van der Waals surface area (Å²) in [5.41, 5.74) is 5.88. The quantitative estimate of drug-likeness (QED) is 0.754. The number of unbranched alkanes of at least 4 members (excludes halogenated alkanes) is 1. The monoisotopic (exact) mass is 227 g/mol. The second-order valence-electron chi connectivity index (χ2n) is 3.15. The Morgan fingerprint density at radius 2 is 2.33 bits per heavy atom. The number of anilines is 1. The van der Waals surface area contributed by atoms with Crippen LogP contribution in [0.25, 0.3) is 0 Å². The number of amides is 1. The highest BCUT2D eigenvalue weighted by atomic mass is 35.5. The van der Waals surface area contributed by atoms with Crippen molar-refractivity contribution in [3.05, 3.63) is 23.5 Å². The number of nitrogens with one attached hydrogen (secondary N) is 1. The van der Waals surface area contributed by atoms with Gasteiger partial charge in [-0.2, -0.15) is 0 Å². The minimum Gasteiger partial charge on any atom is -0.330 e. The summed E-state index contributed by atoms with van der Waals surface area (Å²) in [6, 6.07) is 1.64. The van der Waals surface area contributed by atoms with Crippen molar-refractivity contribution in [2.24, 2.45) is 5.73 Å². The highest BCUT2D eigenvalue weighted by Crippen LogP contribution is 2.19. The van der Waals surface area contributed by atoms with Gasteiger partial charge >= 0.3 is 0 Å². The largest absolute Gasteiger partial charge is 0.330 e. The molecule has 1 rings (SSSR count). The van der Waals surface area contributed by atoms with E-state index in [4.69, 9.17) is 17.3 Å². The van der Waals surface area contributed by atoms with Crippen LogP contribution in [0, 0.1) is 0 Å². The molecule has 3 N–H and O–H groups in total. The number of hydrogen-bond acceptors (Lipinski definition) is 3. The molecule has 1 heterocycles. The second kappa shape index (κ2) is 6.37. The van der Waals surface area contributed by atoms with Gasteiger partial charge < -0.3 is 11.1 Å². The molecule has 0 aliphatic rings. The summed E-state index contributed by atoms with van der Waals surface area (Å²) in [5.74, 6) is -0.0571. The number of carbonyl (C=O) groups excluding carboxylic acids is 1. The molecule has 0 aromatic carbocycles. The lowest BCUT2D eigenvalue weighted by Gasteiger charge is -2.05. The number of nitrogens with zero attached hydrogens (tertiary/aromatic N) is 1. The van der Waals surface area contributed by atoms with E-state index in [1.807, 2.05) is 0 Å². The van der Waals surface area contributed by atoms with Crippen LogP contribution >= 0.6 is 11.6 Å². The maximum atomic E-state index is 11.4. The summed E-state index contributed by atoms with van der Waals surface area (Å²) in [7, 11) is 0. The van der Waals surface area contributed by atoms with Gasteiger partial charge in [0.15, 0.2) is 0 Å². The van der Waals surface area contributed by atoms with Gasteiger partial charge in [-0.1, -0.05) is 11.6 Å². The summed E-state index contributed by atoms with van der Waals surface area (Å²) >= 11 is 5.85. The average Bonchev–Trinajstić information content (AvgIpc) is 2.22. The molecule has 0 unspecified atom stereocenters. The summed E-state index contributed by atoms with van der Waals surface area (Å²) < 4.78 is 0. The topological polar surface area (TPSA) is 68.0 Å². The fourth-order valence-electron chi connectivity index (χ4n) is 1.11. The van der Waals surface area contributed by atoms with E-state index < -0.39 is 0 Å². The van der Waals surface area contributed by atoms with Gasteiger partial charge in [0.05, 0.1) is 16.9 Å². The van der Waals surface area contributed by atoms with E-state index >= 15 is 0 Å². The summed E-state index contributed by atoms with van der Waals surface area (Å²) in [6.07, 6.45) is 5.21. The molecular weight excluding hydrogens is 214 g/mol. The minimum absolute atomic E-state index is 0.0571. The van der Waals surface area contributed by atoms with Gasteiger partial charge in [0.2, 0.25) is 5.91 Å². The Morgan fingerprint density at radius 3 is 3.00 bits per heavy atom. The molecule has 0 atom stereocenters. The molecule has 0 spiro atoms. The summed E-state index contributed by atoms with van der Waals surface area (Å²) in [6.45, 7) is 0.612. The fraction of sp³-hybridized carbons (Fsp3) is 0.400. The summed E-state index contributed by atoms with van der Waals surface area (Å²) in [4.78, 5) is 15.3. The Balaban J connectivity index is 2.41. The zero-order valence-electron chi connectivity index (χ0n) is 8.37. The van der Waals surface area contributed by atoms with Crippen LogP contribution in [0.4, 0.5) is 5.69 Å². The Kier molecular flexibility index (Phi) is 5.07. The van der Waals surface area contributed by atoms with Crippen molar-refractivity contribution in [3.63, 3.8) is 0 Å². The molecule has 0 saturated heterocycles. The first kappa shape index (κ1) is 11.9. The van der Waals surface area contributed by atoms with Crippen LogP contribution in [-0.2, 0) is 4.79 Å². The molecule has 0 aliphatic heterocycles. The molecule has 1 aromatic rings. The molecule has 15 heavy (non-hydrogen) atoms. The third-order valence-corrected chi connectivity index (χ3v) is 2.23. The molecule has 1 aromatic heterocycles. The highest BCUT2D eigenvalue weighted by molar-refractivity contribution is 6.33. The highest BCUT2D eigenvalue weighted by Gasteiger charge is 2.04. The zero-order chi connectivity index (χ0) is 11.1. The molecule has 0 fully saturated rings. The maximum Gasteiger partial charge on any atom is 0.224 e. The number of pyridine rings is 1. The van der Waals surface area contributed by atoms with E-state index in [1.54, 1.807) is 12.3 Å². The lowest BCUT2D eigenvalue weighted by Crippen LogP contribution is -2.12. The first-order chi connectivity index (χ1) is 7.24. The lowest BCUT2D eigenvalue weighted by molar-refractivity contribution is -0.116. The number of hydrogen-bond donors (Lipinski definition) is 2. The first-order valence-corrected chi connectivity index (χ1v) is 5.21. The minimum atomic E-state index is -0.0571. The van der Waals surface area contributed by atoms with Crippen molar-refractivity contribution in [1.29, 1.82) is 0 Å². The van der Waals surface area contributed by atoms with Gasteiger partial charge in [0.1, 0.15) is 0 Å². The van der Waals surface area contributed by atoms with Gasteiger partial charge in [-0.3, -0.25) is 9.78 Å². The molecule has 0 aliphatic carbocycles. The maximum absolute atomic E-state index is 11.4. The number of halogens is 1. The normalized spacial score (nSPS) is 10.0. The Labute approximate surface area is 93.8 Å². The average molecular weight is 228 g/mol. The number of carbonyl (C=O) groups is 1. The van der Waals surface area contributed by atoms with Crippen molar-refractivity contribution in [2.75, 3.05) is 11.9 Å². The van der Waals surface area contributed by atoms with Crippen LogP contribution in [0.3, 0.4) is 0 Å². The van der Waals surface area contributed by atoms with E-state index in [9.17, 15) is 4.79 Å². The molecule has 4 nitrogen and oxygen atoms in total. The van der Waals surface area contributed by atoms with Crippen LogP contribution in [0.5, 0.6) is 0 Å². The molecule has 0 bridgehead atoms. The van der Waals surface area contributed by atoms with Crippen LogP contribution < -0.4 is 11.1 Å². The van der Waals surface area contributed by atoms with Gasteiger partial charge in [0, 0.05) is 12.6 Å². The lowest BCUT2D eigenvalue weighted by atomic mass is 10.2. The third-order valence-electron chi connectivity index (χ3n) is 1.90. The smallest absolute Gasteiger partial charge is 0.224 e. The van der Waals surface area contributed by atoms with Gasteiger partial charge in [-0.25, -0.2) is 0 Å². The van der Waals surface area contributed by atoms with E-state index in [0.717, 1.165) is 12.8 Å². The molecule has 5 heteroatoms. The second-order valence-corrected chi connectivity index (χ2v) is 3.56. The van der Waals surface area contributed by atoms with Crippen molar-refractivity contribution >= 4 is 23.2 Å². The predicted molar refractivity (Wildman–Crippen MR) is 60.8 cm³/mol. The van der Waals surface area contributed by atoms with E-state index in [-0.39, 0.29) is 5.91 Å². The van der Waals surface area contributed by atoms with Crippen LogP contribution in [0.15, 0.2) is 18.5 Å². The first-order valence-electron chi connectivity index (χ1n) is 4.83. The number of nitrogens with two attached hydrogens (primary N) is 1. The van der Waals surface area contributed by atoms with Crippen molar-refractivity contribution in [1.82, 2.24) is 4.98 Å². The van der Waals surface area contributed by atoms with Crippen LogP contribution in [0.2, 0.25) is 5.02 Å². The van der Waals surface area contributed by atoms with E-state index in [1.165, 1.54) is 6.20 Å². The molecule has 0 radical (unpaired) electrons. The molecule has 82 valence electrons. The fourth-order valence-corrected chi connectivity index (χ4v) is 1.26. The third kappa shape index (κ3) is 4.27. The molecule has 1 amide bonds. The van der Waals surface area contributed by atoms with Gasteiger partial charge in [0.25, 0.3) is 0 Å². The SMILES string of the molecule is NCCCCC(=O)Nc1cnccc1Cl. The van der Waals surface area contributed by atoms with Crippen molar-refractivity contribution < 1.29 is 4.79 Å². The number of aromatic nitrogens is 1. The van der Waals surface area contributed by atoms with E-state index in [0.29, 0.717) is 23.7 Å². The van der Waals surface area contributed by atoms with E-state index in [2.05, 4.69) is 10.3 Å². The van der Waals surface area contributed by atoms with Crippen molar-refractivity contribution in [2.45, 2.75) is 19.3 Å². The Bertz CT molecular complexity index is 330. The summed E-state index contributed by atoms with van der Waals surface area (Å²) in [5, 5.41) is 3.19. The standard InChI is InChI=1S/C10H14ClN3O/c11-8-4-6-13-7-9(8)14-10(15)3-1-2-5-12/h4,6-7H,1-3,5,12H2,(H,14,15). The van der Waals surface area contributed by atoms with Gasteiger partial charge in [-0.15, -0.1) is 0 Å². The Hall–Kier alpha value is -1.13. The zero-order valence-corrected chi connectivity index (χ0v) is 9.13. The van der Waals surface area contributed by atoms with Gasteiger partial charge in [-0.05, 0) is 25.5 Å². The predicted octanol–water partition coefficient (Wildman–Crippen LogP) is 1.80. The van der Waals surface area contributed by atoms with Crippen LogP contribution in [-0.4, -0.2) is 17.4 Å².